The minimum Gasteiger partial charge on any atom is -0.220 e. The van der Waals surface area contributed by atoms with Crippen molar-refractivity contribution >= 4 is 12.0 Å². The van der Waals surface area contributed by atoms with Crippen molar-refractivity contribution in [3.05, 3.63) is 29.6 Å². The average Bonchev–Trinajstić information content (AvgIpc) is 2.13. The molecule has 0 spiro atoms. The van der Waals surface area contributed by atoms with Gasteiger partial charge < -0.3 is 0 Å². The van der Waals surface area contributed by atoms with E-state index in [1.165, 1.54) is 0 Å². The van der Waals surface area contributed by atoms with Crippen LogP contribution in [0.1, 0.15) is 0 Å². The Bertz CT molecular complexity index is 307. The van der Waals surface area contributed by atoms with Crippen molar-refractivity contribution < 1.29 is 27.8 Å². The molecule has 1 aromatic rings. The molecule has 0 radical (unpaired) electrons. The summed E-state index contributed by atoms with van der Waals surface area (Å²) in [6.45, 7) is 0. The molecule has 0 fully saturated rings. The van der Waals surface area contributed by atoms with Gasteiger partial charge in [-0.05, 0) is 12.1 Å². The molecule has 0 atom stereocenters. The molecule has 13 heavy (non-hydrogen) atoms. The van der Waals surface area contributed by atoms with Crippen LogP contribution in [0.2, 0.25) is 0 Å². The number of hydrogen-bond acceptors (Lipinski definition) is 4. The first-order valence-corrected chi connectivity index (χ1v) is 3.69. The molecular weight excluding hydrogens is 209 g/mol. The van der Waals surface area contributed by atoms with Gasteiger partial charge in [0.25, 0.3) is 0 Å². The zero-order valence-corrected chi connectivity index (χ0v) is 6.78. The molecule has 0 aliphatic heterocycles. The molecule has 0 heterocycles. The van der Waals surface area contributed by atoms with E-state index < -0.39 is 17.5 Å². The summed E-state index contributed by atoms with van der Waals surface area (Å²) in [6, 6.07) is 1.67. The number of halogens is 3. The third kappa shape index (κ3) is 2.34. The second-order valence-corrected chi connectivity index (χ2v) is 2.64. The molecule has 0 aromatic heterocycles. The number of hydrogen-bond donors (Lipinski definition) is 1. The first-order chi connectivity index (χ1) is 6.16. The van der Waals surface area contributed by atoms with Crippen molar-refractivity contribution in [3.8, 4) is 0 Å². The summed E-state index contributed by atoms with van der Waals surface area (Å²) in [5, 5.41) is 10.9. The lowest BCUT2D eigenvalue weighted by Crippen LogP contribution is -1.93. The predicted molar refractivity (Wildman–Crippen MR) is 37.0 cm³/mol. The molecule has 0 aliphatic carbocycles. The van der Waals surface area contributed by atoms with Gasteiger partial charge >= 0.3 is 0 Å². The van der Waals surface area contributed by atoms with Crippen molar-refractivity contribution in [3.63, 3.8) is 0 Å². The summed E-state index contributed by atoms with van der Waals surface area (Å²) in [4.78, 5) is -0.340. The molecule has 0 saturated heterocycles. The molecule has 3 nitrogen and oxygen atoms in total. The van der Waals surface area contributed by atoms with E-state index in [0.717, 1.165) is 12.1 Å². The Kier molecular flexibility index (Phi) is 3.55. The van der Waals surface area contributed by atoms with E-state index in [4.69, 9.17) is 5.26 Å². The zero-order chi connectivity index (χ0) is 9.84. The molecule has 0 amide bonds. The van der Waals surface area contributed by atoms with Crippen LogP contribution in [-0.4, -0.2) is 5.26 Å². The summed E-state index contributed by atoms with van der Waals surface area (Å²) in [5.74, 6) is -4.31. The van der Waals surface area contributed by atoms with Gasteiger partial charge in [0.15, 0.2) is 17.5 Å². The van der Waals surface area contributed by atoms with Crippen molar-refractivity contribution in [2.45, 2.75) is 4.90 Å². The lowest BCUT2D eigenvalue weighted by atomic mass is 10.3. The van der Waals surface area contributed by atoms with Gasteiger partial charge in [-0.25, -0.2) is 18.4 Å². The van der Waals surface area contributed by atoms with E-state index >= 15 is 0 Å². The van der Waals surface area contributed by atoms with Gasteiger partial charge in [-0.15, -0.1) is 4.33 Å². The number of benzene rings is 1. The van der Waals surface area contributed by atoms with Gasteiger partial charge in [-0.3, -0.25) is 0 Å². The van der Waals surface area contributed by atoms with E-state index in [0.29, 0.717) is 0 Å². The van der Waals surface area contributed by atoms with Crippen LogP contribution in [0, 0.1) is 17.5 Å². The monoisotopic (exact) mass is 212 g/mol. The van der Waals surface area contributed by atoms with Crippen LogP contribution in [0.3, 0.4) is 0 Å². The zero-order valence-electron chi connectivity index (χ0n) is 5.96. The fourth-order valence-electron chi connectivity index (χ4n) is 0.624. The normalized spacial score (nSPS) is 10.5. The van der Waals surface area contributed by atoms with Gasteiger partial charge in [0.05, 0.1) is 16.9 Å². The minimum absolute atomic E-state index is 0.216. The van der Waals surface area contributed by atoms with E-state index in [-0.39, 0.29) is 16.9 Å². The Morgan fingerprint density at radius 1 is 1.15 bits per heavy atom. The molecule has 0 unspecified atom stereocenters. The van der Waals surface area contributed by atoms with Crippen LogP contribution < -0.4 is 0 Å². The standard InChI is InChI=1S/C6H3F3O3S/c7-3-1-2-4(13-12-11-10)6(9)5(3)8/h1-2,10H. The van der Waals surface area contributed by atoms with Crippen molar-refractivity contribution in [1.82, 2.24) is 0 Å². The minimum atomic E-state index is -1.61. The van der Waals surface area contributed by atoms with E-state index in [2.05, 4.69) is 9.37 Å². The van der Waals surface area contributed by atoms with Crippen LogP contribution in [0.15, 0.2) is 17.0 Å². The molecule has 72 valence electrons. The predicted octanol–water partition coefficient (Wildman–Crippen LogP) is 2.53. The number of rotatable bonds is 3. The fourth-order valence-corrected chi connectivity index (χ4v) is 1.01. The van der Waals surface area contributed by atoms with Gasteiger partial charge in [-0.1, -0.05) is 5.04 Å². The SMILES string of the molecule is OOOSc1ccc(F)c(F)c1F. The molecular formula is C6H3F3O3S. The smallest absolute Gasteiger partial charge is 0.195 e. The summed E-state index contributed by atoms with van der Waals surface area (Å²) in [7, 11) is 0. The highest BCUT2D eigenvalue weighted by atomic mass is 32.2. The highest BCUT2D eigenvalue weighted by molar-refractivity contribution is 7.94. The van der Waals surface area contributed by atoms with Crippen molar-refractivity contribution in [2.75, 3.05) is 0 Å². The lowest BCUT2D eigenvalue weighted by molar-refractivity contribution is -0.432. The Morgan fingerprint density at radius 3 is 2.46 bits per heavy atom. The maximum atomic E-state index is 12.7. The molecule has 1 rings (SSSR count). The second kappa shape index (κ2) is 4.47. The largest absolute Gasteiger partial charge is 0.220 e. The summed E-state index contributed by atoms with van der Waals surface area (Å²) in [6.07, 6.45) is 0. The Morgan fingerprint density at radius 2 is 1.85 bits per heavy atom. The third-order valence-electron chi connectivity index (χ3n) is 1.15. The molecule has 0 saturated carbocycles. The van der Waals surface area contributed by atoms with Gasteiger partial charge in [-0.2, -0.15) is 0 Å². The van der Waals surface area contributed by atoms with Gasteiger partial charge in [0, 0.05) is 0 Å². The highest BCUT2D eigenvalue weighted by Gasteiger charge is 2.14. The first-order valence-electron chi connectivity index (χ1n) is 2.95. The summed E-state index contributed by atoms with van der Waals surface area (Å²) >= 11 is 0.216. The van der Waals surface area contributed by atoms with Crippen molar-refractivity contribution in [1.29, 1.82) is 0 Å². The van der Waals surface area contributed by atoms with Crippen LogP contribution in [0.5, 0.6) is 0 Å². The van der Waals surface area contributed by atoms with Crippen LogP contribution >= 0.6 is 12.0 Å². The van der Waals surface area contributed by atoms with Gasteiger partial charge in [0.2, 0.25) is 0 Å². The maximum Gasteiger partial charge on any atom is 0.195 e. The molecule has 1 aromatic carbocycles. The van der Waals surface area contributed by atoms with E-state index in [1.807, 2.05) is 0 Å². The van der Waals surface area contributed by atoms with Crippen LogP contribution in [0.25, 0.3) is 0 Å². The van der Waals surface area contributed by atoms with E-state index in [9.17, 15) is 13.2 Å². The second-order valence-electron chi connectivity index (χ2n) is 1.90. The average molecular weight is 212 g/mol. The highest BCUT2D eigenvalue weighted by Crippen LogP contribution is 2.25. The maximum absolute atomic E-state index is 12.7. The van der Waals surface area contributed by atoms with Crippen molar-refractivity contribution in [2.24, 2.45) is 0 Å². The van der Waals surface area contributed by atoms with E-state index in [1.54, 1.807) is 0 Å². The Labute approximate surface area is 75.1 Å². The Hall–Kier alpha value is -0.760. The topological polar surface area (TPSA) is 38.7 Å². The first kappa shape index (κ1) is 10.3. The molecule has 0 bridgehead atoms. The van der Waals surface area contributed by atoms with Crippen LogP contribution in [-0.2, 0) is 9.37 Å². The summed E-state index contributed by atoms with van der Waals surface area (Å²) < 4.78 is 41.4. The van der Waals surface area contributed by atoms with Crippen LogP contribution in [0.4, 0.5) is 13.2 Å². The molecule has 7 heteroatoms. The molecule has 0 aliphatic rings. The quantitative estimate of drug-likeness (QED) is 0.361. The lowest BCUT2D eigenvalue weighted by Gasteiger charge is -2.00. The Balaban J connectivity index is 2.90. The summed E-state index contributed by atoms with van der Waals surface area (Å²) in [5.41, 5.74) is 0. The third-order valence-corrected chi connectivity index (χ3v) is 1.78. The molecule has 1 N–H and O–H groups in total. The fraction of sp³-hybridized carbons (Fsp3) is 0. The van der Waals surface area contributed by atoms with Gasteiger partial charge in [0.1, 0.15) is 0 Å².